The summed E-state index contributed by atoms with van der Waals surface area (Å²) >= 11 is 0. The highest BCUT2D eigenvalue weighted by Crippen LogP contribution is 2.53. The molecule has 4 heterocycles. The van der Waals surface area contributed by atoms with Crippen molar-refractivity contribution in [1.82, 2.24) is 14.8 Å². The van der Waals surface area contributed by atoms with Crippen molar-refractivity contribution in [3.63, 3.8) is 0 Å². The van der Waals surface area contributed by atoms with Crippen molar-refractivity contribution in [1.29, 1.82) is 0 Å². The number of alkyl halides is 3. The molecule has 2 spiro atoms. The molecular weight excluding hydrogens is 407 g/mol. The summed E-state index contributed by atoms with van der Waals surface area (Å²) < 4.78 is 61.1. The fraction of sp³-hybridized carbons (Fsp3) is 0.684. The van der Waals surface area contributed by atoms with Crippen LogP contribution >= 0.6 is 0 Å². The molecule has 0 unspecified atom stereocenters. The minimum Gasteiger partial charge on any atom is -0.323 e. The Kier molecular flexibility index (Phi) is 3.87. The van der Waals surface area contributed by atoms with Crippen LogP contribution in [-0.4, -0.2) is 66.9 Å². The van der Waals surface area contributed by atoms with Gasteiger partial charge >= 0.3 is 12.2 Å². The van der Waals surface area contributed by atoms with Crippen LogP contribution in [0.15, 0.2) is 18.5 Å². The van der Waals surface area contributed by atoms with Crippen molar-refractivity contribution in [2.45, 2.75) is 25.4 Å². The molecular formula is C19H22F3N3O3S. The average molecular weight is 429 g/mol. The molecule has 29 heavy (non-hydrogen) atoms. The van der Waals surface area contributed by atoms with Crippen LogP contribution in [0.25, 0.3) is 0 Å². The van der Waals surface area contributed by atoms with E-state index in [0.717, 1.165) is 19.0 Å². The minimum absolute atomic E-state index is 0.0175. The van der Waals surface area contributed by atoms with Gasteiger partial charge in [0.1, 0.15) is 0 Å². The highest BCUT2D eigenvalue weighted by atomic mass is 32.2. The maximum atomic E-state index is 12.8. The molecule has 1 aliphatic carbocycles. The smallest absolute Gasteiger partial charge is 0.323 e. The second-order valence-corrected chi connectivity index (χ2v) is 11.6. The predicted octanol–water partition coefficient (Wildman–Crippen LogP) is 2.21. The minimum atomic E-state index is -4.38. The summed E-state index contributed by atoms with van der Waals surface area (Å²) in [5.41, 5.74) is -0.195. The number of amides is 2. The first-order valence-corrected chi connectivity index (χ1v) is 11.5. The fourth-order valence-corrected chi connectivity index (χ4v) is 7.87. The summed E-state index contributed by atoms with van der Waals surface area (Å²) in [6.45, 7) is 2.43. The van der Waals surface area contributed by atoms with Gasteiger partial charge in [0.25, 0.3) is 0 Å². The molecule has 1 aromatic heterocycles. The topological polar surface area (TPSA) is 70.6 Å². The van der Waals surface area contributed by atoms with Gasteiger partial charge in [0.05, 0.1) is 17.1 Å². The van der Waals surface area contributed by atoms with E-state index in [1.165, 1.54) is 12.3 Å². The molecule has 1 aromatic rings. The van der Waals surface area contributed by atoms with Crippen LogP contribution in [0.4, 0.5) is 18.0 Å². The number of carbonyl (C=O) groups excluding carboxylic acids is 1. The number of sulfone groups is 1. The monoisotopic (exact) mass is 429 g/mol. The normalized spacial score (nSPS) is 26.4. The first kappa shape index (κ1) is 19.1. The zero-order valence-electron chi connectivity index (χ0n) is 15.8. The summed E-state index contributed by atoms with van der Waals surface area (Å²) in [5, 5.41) is 0. The van der Waals surface area contributed by atoms with E-state index in [2.05, 4.69) is 4.98 Å². The Morgan fingerprint density at radius 3 is 2.21 bits per heavy atom. The highest BCUT2D eigenvalue weighted by Gasteiger charge is 2.60. The molecule has 10 heteroatoms. The van der Waals surface area contributed by atoms with Crippen molar-refractivity contribution < 1.29 is 26.4 Å². The molecule has 0 aromatic carbocycles. The molecule has 4 fully saturated rings. The van der Waals surface area contributed by atoms with Crippen LogP contribution in [0.1, 0.15) is 24.0 Å². The lowest BCUT2D eigenvalue weighted by atomic mass is 9.56. The SMILES string of the molecule is O=C(N1CC2(CC(Cc3cncc(C(F)(F)F)c3)C2)C1)N1CC2(C1)CS(=O)(=O)C2. The van der Waals surface area contributed by atoms with Crippen molar-refractivity contribution >= 4 is 15.9 Å². The Hall–Kier alpha value is -1.84. The van der Waals surface area contributed by atoms with Crippen molar-refractivity contribution in [2.24, 2.45) is 16.7 Å². The number of pyridine rings is 1. The van der Waals surface area contributed by atoms with E-state index in [4.69, 9.17) is 0 Å². The maximum Gasteiger partial charge on any atom is 0.417 e. The summed E-state index contributed by atoms with van der Waals surface area (Å²) in [6, 6.07) is 1.16. The molecule has 1 saturated carbocycles. The molecule has 6 nitrogen and oxygen atoms in total. The van der Waals surface area contributed by atoms with E-state index in [9.17, 15) is 26.4 Å². The molecule has 4 aliphatic rings. The quantitative estimate of drug-likeness (QED) is 0.723. The number of hydrogen-bond donors (Lipinski definition) is 0. The van der Waals surface area contributed by atoms with Gasteiger partial charge in [-0.3, -0.25) is 4.98 Å². The van der Waals surface area contributed by atoms with Crippen LogP contribution in [0, 0.1) is 16.7 Å². The second kappa shape index (κ2) is 5.86. The number of likely N-dealkylation sites (tertiary alicyclic amines) is 2. The molecule has 3 aliphatic heterocycles. The van der Waals surface area contributed by atoms with Crippen molar-refractivity contribution in [3.05, 3.63) is 29.6 Å². The van der Waals surface area contributed by atoms with E-state index in [1.54, 1.807) is 4.90 Å². The van der Waals surface area contributed by atoms with Crippen LogP contribution in [0.3, 0.4) is 0 Å². The molecule has 0 radical (unpaired) electrons. The number of aromatic nitrogens is 1. The Morgan fingerprint density at radius 2 is 1.66 bits per heavy atom. The summed E-state index contributed by atoms with van der Waals surface area (Å²) in [7, 11) is -2.89. The first-order valence-electron chi connectivity index (χ1n) is 9.72. The summed E-state index contributed by atoms with van der Waals surface area (Å²) in [5.74, 6) is 0.713. The van der Waals surface area contributed by atoms with E-state index < -0.39 is 21.6 Å². The van der Waals surface area contributed by atoms with Gasteiger partial charge in [-0.2, -0.15) is 13.2 Å². The number of carbonyl (C=O) groups is 1. The van der Waals surface area contributed by atoms with Gasteiger partial charge in [-0.25, -0.2) is 13.2 Å². The largest absolute Gasteiger partial charge is 0.417 e. The van der Waals surface area contributed by atoms with Crippen molar-refractivity contribution in [2.75, 3.05) is 37.7 Å². The third-order valence-corrected chi connectivity index (χ3v) is 8.89. The highest BCUT2D eigenvalue weighted by molar-refractivity contribution is 7.92. The predicted molar refractivity (Wildman–Crippen MR) is 97.7 cm³/mol. The fourth-order valence-electron chi connectivity index (χ4n) is 5.73. The Morgan fingerprint density at radius 1 is 1.07 bits per heavy atom. The third-order valence-electron chi connectivity index (χ3n) is 6.79. The zero-order chi connectivity index (χ0) is 20.7. The van der Waals surface area contributed by atoms with E-state index >= 15 is 0 Å². The number of rotatable bonds is 2. The lowest BCUT2D eigenvalue weighted by molar-refractivity contribution is -0.137. The van der Waals surface area contributed by atoms with Crippen molar-refractivity contribution in [3.8, 4) is 0 Å². The molecule has 2 amide bonds. The molecule has 0 N–H and O–H groups in total. The number of urea groups is 1. The second-order valence-electron chi connectivity index (χ2n) is 9.58. The Balaban J connectivity index is 1.08. The Labute approximate surface area is 167 Å². The van der Waals surface area contributed by atoms with Crippen LogP contribution in [0.5, 0.6) is 0 Å². The van der Waals surface area contributed by atoms with Gasteiger partial charge in [-0.05, 0) is 36.8 Å². The summed E-state index contributed by atoms with van der Waals surface area (Å²) in [4.78, 5) is 19.8. The van der Waals surface area contributed by atoms with Gasteiger partial charge in [-0.15, -0.1) is 0 Å². The molecule has 158 valence electrons. The number of hydrogen-bond acceptors (Lipinski definition) is 4. The number of nitrogens with zero attached hydrogens (tertiary/aromatic N) is 3. The van der Waals surface area contributed by atoms with E-state index in [1.807, 2.05) is 4.90 Å². The van der Waals surface area contributed by atoms with Gasteiger partial charge in [0.2, 0.25) is 0 Å². The zero-order valence-corrected chi connectivity index (χ0v) is 16.6. The maximum absolute atomic E-state index is 12.8. The van der Waals surface area contributed by atoms with Crippen LogP contribution in [0.2, 0.25) is 0 Å². The van der Waals surface area contributed by atoms with Gasteiger partial charge in [0.15, 0.2) is 9.84 Å². The summed E-state index contributed by atoms with van der Waals surface area (Å²) in [6.07, 6.45) is 0.370. The molecule has 0 bridgehead atoms. The van der Waals surface area contributed by atoms with E-state index in [0.29, 0.717) is 44.1 Å². The Bertz CT molecular complexity index is 944. The van der Waals surface area contributed by atoms with Gasteiger partial charge < -0.3 is 9.80 Å². The molecule has 0 atom stereocenters. The van der Waals surface area contributed by atoms with Crippen LogP contribution < -0.4 is 0 Å². The van der Waals surface area contributed by atoms with Crippen LogP contribution in [-0.2, 0) is 22.4 Å². The van der Waals surface area contributed by atoms with E-state index in [-0.39, 0.29) is 28.4 Å². The third kappa shape index (κ3) is 3.29. The van der Waals surface area contributed by atoms with Gasteiger partial charge in [-0.1, -0.05) is 0 Å². The molecule has 5 rings (SSSR count). The average Bonchev–Trinajstić information content (AvgIpc) is 2.49. The first-order chi connectivity index (χ1) is 13.5. The molecule has 3 saturated heterocycles. The number of halogens is 3. The standard InChI is InChI=1S/C19H22F3N3O3S/c20-19(21,22)15-2-13(5-23-6-15)1-14-3-17(4-14)7-24(8-17)16(26)25-9-18(10-25)11-29(27,28)12-18/h2,5-6,14H,1,3-4,7-12H2. The lowest BCUT2D eigenvalue weighted by Crippen LogP contribution is -2.73. The lowest BCUT2D eigenvalue weighted by Gasteiger charge is -2.62. The van der Waals surface area contributed by atoms with Gasteiger partial charge in [0, 0.05) is 49.4 Å².